The number of carbonyl (C=O) groups excluding carboxylic acids is 1. The van der Waals surface area contributed by atoms with Crippen molar-refractivity contribution in [1.29, 1.82) is 0 Å². The van der Waals surface area contributed by atoms with E-state index in [4.69, 9.17) is 4.74 Å². The first-order chi connectivity index (χ1) is 9.20. The number of rotatable bonds is 4. The van der Waals surface area contributed by atoms with Crippen molar-refractivity contribution < 1.29 is 9.53 Å². The molecule has 0 aliphatic heterocycles. The molecule has 4 heteroatoms. The average molecular weight is 326 g/mol. The van der Waals surface area contributed by atoms with Gasteiger partial charge in [-0.25, -0.2) is 0 Å². The highest BCUT2D eigenvalue weighted by Gasteiger charge is 2.23. The third kappa shape index (κ3) is 3.96. The van der Waals surface area contributed by atoms with Gasteiger partial charge in [0.1, 0.15) is 5.75 Å². The minimum Gasteiger partial charge on any atom is -0.497 e. The maximum Gasteiger partial charge on any atom is 0.251 e. The van der Waals surface area contributed by atoms with E-state index in [0.717, 1.165) is 12.3 Å². The monoisotopic (exact) mass is 325 g/mol. The van der Waals surface area contributed by atoms with E-state index in [1.54, 1.807) is 19.2 Å². The van der Waals surface area contributed by atoms with Crippen LogP contribution in [0.2, 0.25) is 0 Å². The Morgan fingerprint density at radius 1 is 1.32 bits per heavy atom. The highest BCUT2D eigenvalue weighted by atomic mass is 79.9. The van der Waals surface area contributed by atoms with Crippen LogP contribution in [0.3, 0.4) is 0 Å². The Labute approximate surface area is 122 Å². The summed E-state index contributed by atoms with van der Waals surface area (Å²) < 4.78 is 5.08. The first kappa shape index (κ1) is 14.4. The Morgan fingerprint density at radius 3 is 2.63 bits per heavy atom. The lowest BCUT2D eigenvalue weighted by Crippen LogP contribution is -2.34. The summed E-state index contributed by atoms with van der Waals surface area (Å²) in [6, 6.07) is 7.20. The van der Waals surface area contributed by atoms with Gasteiger partial charge in [0, 0.05) is 16.9 Å². The van der Waals surface area contributed by atoms with Crippen molar-refractivity contribution >= 4 is 21.8 Å². The van der Waals surface area contributed by atoms with E-state index in [0.29, 0.717) is 16.3 Å². The lowest BCUT2D eigenvalue weighted by atomic mass is 9.89. The second-order valence-corrected chi connectivity index (χ2v) is 6.18. The van der Waals surface area contributed by atoms with Gasteiger partial charge in [-0.3, -0.25) is 4.79 Å². The molecule has 1 N–H and O–H groups in total. The van der Waals surface area contributed by atoms with Gasteiger partial charge in [0.2, 0.25) is 0 Å². The van der Waals surface area contributed by atoms with Crippen LogP contribution in [-0.4, -0.2) is 24.4 Å². The van der Waals surface area contributed by atoms with Crippen LogP contribution in [0, 0.1) is 5.92 Å². The van der Waals surface area contributed by atoms with Gasteiger partial charge >= 0.3 is 0 Å². The minimum absolute atomic E-state index is 0.00655. The molecule has 1 aliphatic rings. The van der Waals surface area contributed by atoms with Gasteiger partial charge in [-0.05, 0) is 43.0 Å². The van der Waals surface area contributed by atoms with Gasteiger partial charge in [-0.1, -0.05) is 28.8 Å². The lowest BCUT2D eigenvalue weighted by Gasteiger charge is -2.27. The fourth-order valence-electron chi connectivity index (χ4n) is 2.46. The zero-order valence-corrected chi connectivity index (χ0v) is 12.8. The molecule has 0 radical (unpaired) electrons. The summed E-state index contributed by atoms with van der Waals surface area (Å²) in [5.41, 5.74) is 0.683. The maximum atomic E-state index is 12.0. The van der Waals surface area contributed by atoms with Crippen LogP contribution in [0.5, 0.6) is 5.75 Å². The van der Waals surface area contributed by atoms with Gasteiger partial charge < -0.3 is 10.1 Å². The normalized spacial score (nSPS) is 22.8. The molecule has 0 aromatic heterocycles. The van der Waals surface area contributed by atoms with E-state index in [9.17, 15) is 4.79 Å². The van der Waals surface area contributed by atoms with E-state index in [1.807, 2.05) is 12.1 Å². The Kier molecular flexibility index (Phi) is 5.25. The standard InChI is InChI=1S/C15H20BrNO2/c1-19-13-8-6-11(7-9-13)15(18)17-10-12-4-2-3-5-14(12)16/h6-9,12,14H,2-5,10H2,1H3,(H,17,18). The summed E-state index contributed by atoms with van der Waals surface area (Å²) in [7, 11) is 1.62. The second kappa shape index (κ2) is 6.94. The van der Waals surface area contributed by atoms with Gasteiger partial charge in [0.05, 0.1) is 7.11 Å². The third-order valence-corrected chi connectivity index (χ3v) is 4.90. The third-order valence-electron chi connectivity index (χ3n) is 3.69. The van der Waals surface area contributed by atoms with Gasteiger partial charge in [0.15, 0.2) is 0 Å². The molecule has 1 saturated carbocycles. The number of ether oxygens (including phenoxy) is 1. The fraction of sp³-hybridized carbons (Fsp3) is 0.533. The molecule has 3 nitrogen and oxygen atoms in total. The average Bonchev–Trinajstić information content (AvgIpc) is 2.46. The van der Waals surface area contributed by atoms with Crippen LogP contribution in [-0.2, 0) is 0 Å². The summed E-state index contributed by atoms with van der Waals surface area (Å²) in [6.07, 6.45) is 4.96. The topological polar surface area (TPSA) is 38.3 Å². The van der Waals surface area contributed by atoms with Crippen LogP contribution in [0.15, 0.2) is 24.3 Å². The summed E-state index contributed by atoms with van der Waals surface area (Å²) in [5, 5.41) is 3.03. The van der Waals surface area contributed by atoms with Crippen LogP contribution >= 0.6 is 15.9 Å². The zero-order chi connectivity index (χ0) is 13.7. The number of hydrogen-bond donors (Lipinski definition) is 1. The molecule has 0 bridgehead atoms. The number of halogens is 1. The summed E-state index contributed by atoms with van der Waals surface area (Å²) in [6.45, 7) is 0.751. The van der Waals surface area contributed by atoms with Crippen molar-refractivity contribution in [2.45, 2.75) is 30.5 Å². The predicted molar refractivity (Wildman–Crippen MR) is 80.0 cm³/mol. The van der Waals surface area contributed by atoms with Crippen LogP contribution < -0.4 is 10.1 Å². The van der Waals surface area contributed by atoms with Gasteiger partial charge in [-0.15, -0.1) is 0 Å². The molecular weight excluding hydrogens is 306 g/mol. The molecule has 1 aromatic rings. The molecule has 19 heavy (non-hydrogen) atoms. The SMILES string of the molecule is COc1ccc(C(=O)NCC2CCCCC2Br)cc1. The van der Waals surface area contributed by atoms with Crippen molar-refractivity contribution in [3.05, 3.63) is 29.8 Å². The van der Waals surface area contributed by atoms with E-state index in [2.05, 4.69) is 21.2 Å². The first-order valence-corrected chi connectivity index (χ1v) is 7.68. The van der Waals surface area contributed by atoms with E-state index in [1.165, 1.54) is 25.7 Å². The van der Waals surface area contributed by atoms with Gasteiger partial charge in [-0.2, -0.15) is 0 Å². The molecule has 2 atom stereocenters. The number of alkyl halides is 1. The molecule has 0 heterocycles. The van der Waals surface area contributed by atoms with Gasteiger partial charge in [0.25, 0.3) is 5.91 Å². The summed E-state index contributed by atoms with van der Waals surface area (Å²) in [4.78, 5) is 12.6. The molecule has 0 spiro atoms. The largest absolute Gasteiger partial charge is 0.497 e. The molecule has 2 rings (SSSR count). The minimum atomic E-state index is -0.00655. The van der Waals surface area contributed by atoms with Crippen LogP contribution in [0.1, 0.15) is 36.0 Å². The second-order valence-electron chi connectivity index (χ2n) is 5.00. The molecular formula is C15H20BrNO2. The molecule has 1 aliphatic carbocycles. The Bertz CT molecular complexity index is 419. The van der Waals surface area contributed by atoms with E-state index < -0.39 is 0 Å². The number of amides is 1. The highest BCUT2D eigenvalue weighted by molar-refractivity contribution is 9.09. The number of hydrogen-bond acceptors (Lipinski definition) is 2. The lowest BCUT2D eigenvalue weighted by molar-refractivity contribution is 0.0944. The smallest absolute Gasteiger partial charge is 0.251 e. The fourth-order valence-corrected chi connectivity index (χ4v) is 3.24. The predicted octanol–water partition coefficient (Wildman–Crippen LogP) is 3.38. The van der Waals surface area contributed by atoms with Crippen LogP contribution in [0.4, 0.5) is 0 Å². The van der Waals surface area contributed by atoms with Crippen molar-refractivity contribution in [1.82, 2.24) is 5.32 Å². The first-order valence-electron chi connectivity index (χ1n) is 6.77. The van der Waals surface area contributed by atoms with E-state index in [-0.39, 0.29) is 5.91 Å². The quantitative estimate of drug-likeness (QED) is 0.862. The van der Waals surface area contributed by atoms with Crippen molar-refractivity contribution in [2.75, 3.05) is 13.7 Å². The van der Waals surface area contributed by atoms with Crippen LogP contribution in [0.25, 0.3) is 0 Å². The molecule has 1 fully saturated rings. The molecule has 104 valence electrons. The number of carbonyl (C=O) groups is 1. The van der Waals surface area contributed by atoms with Crippen molar-refractivity contribution in [3.63, 3.8) is 0 Å². The summed E-state index contributed by atoms with van der Waals surface area (Å²) >= 11 is 3.71. The maximum absolute atomic E-state index is 12.0. The Hall–Kier alpha value is -1.03. The Morgan fingerprint density at radius 2 is 2.00 bits per heavy atom. The van der Waals surface area contributed by atoms with Crippen molar-refractivity contribution in [2.24, 2.45) is 5.92 Å². The molecule has 2 unspecified atom stereocenters. The Balaban J connectivity index is 1.86. The number of methoxy groups -OCH3 is 1. The number of benzene rings is 1. The molecule has 1 aromatic carbocycles. The molecule has 1 amide bonds. The van der Waals surface area contributed by atoms with Crippen molar-refractivity contribution in [3.8, 4) is 5.75 Å². The molecule has 0 saturated heterocycles. The highest BCUT2D eigenvalue weighted by Crippen LogP contribution is 2.29. The zero-order valence-electron chi connectivity index (χ0n) is 11.2. The van der Waals surface area contributed by atoms with E-state index >= 15 is 0 Å². The summed E-state index contributed by atoms with van der Waals surface area (Å²) in [5.74, 6) is 1.31. The number of nitrogens with one attached hydrogen (secondary N) is 1.